The van der Waals surface area contributed by atoms with E-state index in [4.69, 9.17) is 0 Å². The van der Waals surface area contributed by atoms with Gasteiger partial charge in [-0.15, -0.1) is 0 Å². The van der Waals surface area contributed by atoms with Gasteiger partial charge in [0.25, 0.3) is 0 Å². The zero-order valence-electron chi connectivity index (χ0n) is 18.7. The lowest BCUT2D eigenvalue weighted by Gasteiger charge is -2.46. The summed E-state index contributed by atoms with van der Waals surface area (Å²) in [5, 5.41) is 0. The quantitative estimate of drug-likeness (QED) is 0.496. The normalized spacial score (nSPS) is 24.9. The molecule has 0 fully saturated rings. The lowest BCUT2D eigenvalue weighted by Crippen LogP contribution is -2.39. The van der Waals surface area contributed by atoms with Crippen molar-refractivity contribution in [3.05, 3.63) is 71.3 Å². The van der Waals surface area contributed by atoms with E-state index in [1.54, 1.807) is 0 Å². The molecule has 0 aliphatic heterocycles. The highest BCUT2D eigenvalue weighted by atomic mass is 16.1. The summed E-state index contributed by atoms with van der Waals surface area (Å²) in [6.45, 7) is 15.3. The first kappa shape index (κ1) is 20.8. The minimum absolute atomic E-state index is 0.0941. The molecule has 150 valence electrons. The van der Waals surface area contributed by atoms with E-state index in [9.17, 15) is 4.79 Å². The number of hydrogen-bond acceptors (Lipinski definition) is 1. The van der Waals surface area contributed by atoms with Crippen molar-refractivity contribution in [2.75, 3.05) is 0 Å². The first-order valence-corrected chi connectivity index (χ1v) is 10.7. The van der Waals surface area contributed by atoms with Crippen molar-refractivity contribution in [3.63, 3.8) is 0 Å². The Hall–Kier alpha value is -1.89. The minimum Gasteiger partial charge on any atom is -0.289 e. The molecule has 3 rings (SSSR count). The molecule has 0 heterocycles. The topological polar surface area (TPSA) is 17.1 Å². The van der Waals surface area contributed by atoms with Crippen molar-refractivity contribution < 1.29 is 4.79 Å². The highest BCUT2D eigenvalue weighted by Crippen LogP contribution is 2.53. The van der Waals surface area contributed by atoms with E-state index < -0.39 is 0 Å². The molecule has 0 radical (unpaired) electrons. The second-order valence-electron chi connectivity index (χ2n) is 10.7. The van der Waals surface area contributed by atoms with Gasteiger partial charge in [0.05, 0.1) is 0 Å². The summed E-state index contributed by atoms with van der Waals surface area (Å²) in [4.78, 5) is 13.4. The number of ketones is 1. The van der Waals surface area contributed by atoms with E-state index in [0.29, 0.717) is 11.8 Å². The predicted octanol–water partition coefficient (Wildman–Crippen LogP) is 7.27. The van der Waals surface area contributed by atoms with Crippen molar-refractivity contribution in [1.82, 2.24) is 0 Å². The van der Waals surface area contributed by atoms with Crippen LogP contribution in [0.2, 0.25) is 0 Å². The first-order chi connectivity index (χ1) is 13.0. The summed E-state index contributed by atoms with van der Waals surface area (Å²) in [6.07, 6.45) is 11.6. The van der Waals surface area contributed by atoms with Crippen LogP contribution >= 0.6 is 0 Å². The fourth-order valence-corrected chi connectivity index (χ4v) is 4.79. The second-order valence-corrected chi connectivity index (χ2v) is 10.7. The maximum atomic E-state index is 13.4. The average Bonchev–Trinajstić information content (AvgIpc) is 2.62. The summed E-state index contributed by atoms with van der Waals surface area (Å²) in [7, 11) is 0. The van der Waals surface area contributed by atoms with E-state index in [1.807, 2.05) is 0 Å². The van der Waals surface area contributed by atoms with Crippen molar-refractivity contribution in [3.8, 4) is 0 Å². The molecule has 1 nitrogen and oxygen atoms in total. The average molecular weight is 377 g/mol. The highest BCUT2D eigenvalue weighted by molar-refractivity contribution is 6.11. The number of Topliss-reactive ketones (excluding diaryl/α,β-unsaturated/α-hetero) is 1. The largest absolute Gasteiger partial charge is 0.289 e. The number of hydrogen-bond donors (Lipinski definition) is 0. The Morgan fingerprint density at radius 2 is 1.43 bits per heavy atom. The Labute approximate surface area is 171 Å². The molecule has 1 heteroatoms. The Kier molecular flexibility index (Phi) is 5.34. The van der Waals surface area contributed by atoms with E-state index in [1.165, 1.54) is 5.56 Å². The van der Waals surface area contributed by atoms with Gasteiger partial charge in [0.1, 0.15) is 0 Å². The molecule has 1 aromatic carbocycles. The maximum Gasteiger partial charge on any atom is 0.185 e. The molecule has 1 spiro atoms. The Morgan fingerprint density at radius 1 is 0.893 bits per heavy atom. The number of carbonyl (C=O) groups excluding carboxylic acids is 1. The van der Waals surface area contributed by atoms with E-state index in [-0.39, 0.29) is 22.0 Å². The summed E-state index contributed by atoms with van der Waals surface area (Å²) in [5.74, 6) is 1.05. The van der Waals surface area contributed by atoms with Gasteiger partial charge in [0, 0.05) is 22.5 Å². The van der Waals surface area contributed by atoms with Gasteiger partial charge in [0.15, 0.2) is 5.78 Å². The third kappa shape index (κ3) is 3.81. The van der Waals surface area contributed by atoms with Crippen molar-refractivity contribution in [2.24, 2.45) is 22.2 Å². The van der Waals surface area contributed by atoms with Crippen LogP contribution in [0.15, 0.2) is 65.8 Å². The Bertz CT molecular complexity index is 787. The smallest absolute Gasteiger partial charge is 0.185 e. The monoisotopic (exact) mass is 376 g/mol. The van der Waals surface area contributed by atoms with Gasteiger partial charge in [-0.3, -0.25) is 4.79 Å². The van der Waals surface area contributed by atoms with Crippen LogP contribution in [0.3, 0.4) is 0 Å². The summed E-state index contributed by atoms with van der Waals surface area (Å²) in [6, 6.07) is 10.8. The van der Waals surface area contributed by atoms with Crippen LogP contribution in [0.1, 0.15) is 72.8 Å². The molecule has 1 aromatic rings. The van der Waals surface area contributed by atoms with Gasteiger partial charge in [-0.2, -0.15) is 0 Å². The van der Waals surface area contributed by atoms with Crippen LogP contribution in [0.25, 0.3) is 0 Å². The summed E-state index contributed by atoms with van der Waals surface area (Å²) < 4.78 is 0. The zero-order chi connectivity index (χ0) is 20.7. The van der Waals surface area contributed by atoms with Crippen LogP contribution < -0.4 is 0 Å². The van der Waals surface area contributed by atoms with Crippen LogP contribution in [-0.4, -0.2) is 5.78 Å². The van der Waals surface area contributed by atoms with Crippen LogP contribution in [0.4, 0.5) is 0 Å². The van der Waals surface area contributed by atoms with E-state index in [0.717, 1.165) is 24.0 Å². The number of carbonyl (C=O) groups is 1. The molecule has 0 bridgehead atoms. The first-order valence-electron chi connectivity index (χ1n) is 10.7. The van der Waals surface area contributed by atoms with E-state index >= 15 is 0 Å². The van der Waals surface area contributed by atoms with Crippen molar-refractivity contribution >= 4 is 5.78 Å². The van der Waals surface area contributed by atoms with Crippen LogP contribution in [0, 0.1) is 22.2 Å². The van der Waals surface area contributed by atoms with E-state index in [2.05, 4.69) is 103 Å². The number of benzene rings is 1. The van der Waals surface area contributed by atoms with Gasteiger partial charge >= 0.3 is 0 Å². The second kappa shape index (κ2) is 7.17. The van der Waals surface area contributed by atoms with Crippen LogP contribution in [0.5, 0.6) is 0 Å². The lowest BCUT2D eigenvalue weighted by molar-refractivity contribution is -0.114. The van der Waals surface area contributed by atoms with Crippen molar-refractivity contribution in [1.29, 1.82) is 0 Å². The molecule has 2 unspecified atom stereocenters. The van der Waals surface area contributed by atoms with Crippen LogP contribution in [-0.2, 0) is 4.79 Å². The molecular formula is C27H36O. The van der Waals surface area contributed by atoms with Gasteiger partial charge in [-0.05, 0) is 35.2 Å². The zero-order valence-corrected chi connectivity index (χ0v) is 18.7. The number of allylic oxidation sites excluding steroid dienone is 6. The molecule has 0 amide bonds. The third-order valence-corrected chi connectivity index (χ3v) is 6.44. The number of rotatable bonds is 2. The molecule has 2 aliphatic carbocycles. The molecule has 28 heavy (non-hydrogen) atoms. The molecular weight excluding hydrogens is 340 g/mol. The molecule has 0 saturated heterocycles. The van der Waals surface area contributed by atoms with Gasteiger partial charge in [0.2, 0.25) is 0 Å². The fourth-order valence-electron chi connectivity index (χ4n) is 4.79. The lowest BCUT2D eigenvalue weighted by atomic mass is 9.57. The SMILES string of the molecule is CCC1C=CC(c2ccccc2)CC12C=C(C(C)(C)C)C(=O)C(C(C)(C)C)=C2. The van der Waals surface area contributed by atoms with Crippen molar-refractivity contribution in [2.45, 2.75) is 67.2 Å². The fraction of sp³-hybridized carbons (Fsp3) is 0.519. The Balaban J connectivity index is 2.18. The maximum absolute atomic E-state index is 13.4. The molecule has 0 saturated carbocycles. The molecule has 0 aromatic heterocycles. The van der Waals surface area contributed by atoms with Gasteiger partial charge in [-0.25, -0.2) is 0 Å². The summed E-state index contributed by atoms with van der Waals surface area (Å²) >= 11 is 0. The summed E-state index contributed by atoms with van der Waals surface area (Å²) in [5.41, 5.74) is 2.93. The van der Waals surface area contributed by atoms with Gasteiger partial charge in [-0.1, -0.05) is 103 Å². The highest BCUT2D eigenvalue weighted by Gasteiger charge is 2.45. The Morgan fingerprint density at radius 3 is 1.89 bits per heavy atom. The minimum atomic E-state index is -0.156. The van der Waals surface area contributed by atoms with Gasteiger partial charge < -0.3 is 0 Å². The molecule has 2 aliphatic rings. The molecule has 0 N–H and O–H groups in total. The predicted molar refractivity (Wildman–Crippen MR) is 119 cm³/mol. The third-order valence-electron chi connectivity index (χ3n) is 6.44. The standard InChI is InChI=1S/C27H36O/c1-8-21-15-14-20(19-12-10-9-11-13-19)16-27(21)17-22(25(2,3)4)24(28)23(18-27)26(5,6)7/h9-15,17-18,20-21H,8,16H2,1-7H3. The molecule has 2 atom stereocenters.